The number of hydrogen-bond acceptors (Lipinski definition) is 5. The number of amides is 1. The van der Waals surface area contributed by atoms with Crippen molar-refractivity contribution in [1.29, 1.82) is 0 Å². The number of thioether (sulfide) groups is 1. The van der Waals surface area contributed by atoms with Crippen LogP contribution in [0.3, 0.4) is 0 Å². The summed E-state index contributed by atoms with van der Waals surface area (Å²) in [5.74, 6) is -0.658. The summed E-state index contributed by atoms with van der Waals surface area (Å²) in [4.78, 5) is 22.0. The number of alkyl carbamates (subject to hydrolysis) is 1. The van der Waals surface area contributed by atoms with Gasteiger partial charge in [0.05, 0.1) is 12.0 Å². The minimum atomic E-state index is -1.29. The third kappa shape index (κ3) is 10.9. The molecular weight excluding hydrogens is 253 g/mol. The van der Waals surface area contributed by atoms with Crippen LogP contribution < -0.4 is 40.0 Å². The number of aliphatic carboxylic acids is 1. The van der Waals surface area contributed by atoms with Crippen LogP contribution in [0.25, 0.3) is 0 Å². The summed E-state index contributed by atoms with van der Waals surface area (Å²) in [7, 11) is 0. The fraction of sp³-hybridized carbons (Fsp3) is 0.800. The average Bonchev–Trinajstić information content (AvgIpc) is 2.08. The Kier molecular flexibility index (Phi) is 10.4. The van der Waals surface area contributed by atoms with Crippen LogP contribution in [0.1, 0.15) is 27.2 Å². The van der Waals surface area contributed by atoms with E-state index in [0.717, 1.165) is 0 Å². The van der Waals surface area contributed by atoms with E-state index >= 15 is 0 Å². The summed E-state index contributed by atoms with van der Waals surface area (Å²) in [6.07, 6.45) is 1.45. The second-order valence-corrected chi connectivity index (χ2v) is 5.28. The summed E-state index contributed by atoms with van der Waals surface area (Å²) >= 11 is 1.50. The van der Waals surface area contributed by atoms with E-state index in [1.54, 1.807) is 20.8 Å². The molecule has 0 aromatic heterocycles. The number of ether oxygens (including phenoxy) is 1. The zero-order valence-electron chi connectivity index (χ0n) is 11.0. The number of rotatable bonds is 5. The summed E-state index contributed by atoms with van der Waals surface area (Å²) in [6.45, 7) is 5.13. The number of carboxylic acids is 1. The Hall–Kier alpha value is 0.0900. The molecule has 0 bridgehead atoms. The van der Waals surface area contributed by atoms with Crippen LogP contribution in [-0.4, -0.2) is 35.7 Å². The molecular formula is C10H18NNaO4S. The molecule has 0 aliphatic carbocycles. The monoisotopic (exact) mass is 271 g/mol. The zero-order chi connectivity index (χ0) is 12.8. The van der Waals surface area contributed by atoms with Crippen LogP contribution in [0.15, 0.2) is 0 Å². The molecule has 0 aromatic carbocycles. The fourth-order valence-electron chi connectivity index (χ4n) is 0.934. The first kappa shape index (κ1) is 19.4. The summed E-state index contributed by atoms with van der Waals surface area (Å²) in [5, 5.41) is 13.0. The first-order valence-electron chi connectivity index (χ1n) is 4.95. The van der Waals surface area contributed by atoms with Crippen LogP contribution in [-0.2, 0) is 9.53 Å². The molecule has 1 amide bonds. The van der Waals surface area contributed by atoms with Crippen molar-refractivity contribution in [3.63, 3.8) is 0 Å². The van der Waals surface area contributed by atoms with Gasteiger partial charge in [0.1, 0.15) is 5.60 Å². The van der Waals surface area contributed by atoms with E-state index in [0.29, 0.717) is 12.2 Å². The van der Waals surface area contributed by atoms with Crippen molar-refractivity contribution >= 4 is 23.8 Å². The molecule has 0 saturated heterocycles. The van der Waals surface area contributed by atoms with Gasteiger partial charge in [0, 0.05) is 0 Å². The maximum atomic E-state index is 11.3. The Morgan fingerprint density at radius 1 is 1.41 bits per heavy atom. The molecule has 0 radical (unpaired) electrons. The Bertz CT molecular complexity index is 255. The van der Waals surface area contributed by atoms with E-state index in [1.807, 2.05) is 6.26 Å². The molecule has 0 heterocycles. The van der Waals surface area contributed by atoms with E-state index in [4.69, 9.17) is 4.74 Å². The molecule has 1 atom stereocenters. The van der Waals surface area contributed by atoms with Gasteiger partial charge in [0.15, 0.2) is 0 Å². The number of nitrogens with one attached hydrogen (secondary N) is 1. The predicted molar refractivity (Wildman–Crippen MR) is 61.2 cm³/mol. The van der Waals surface area contributed by atoms with Gasteiger partial charge in [0.2, 0.25) is 0 Å². The minimum absolute atomic E-state index is 0. The Balaban J connectivity index is 0. The molecule has 1 N–H and O–H groups in total. The molecule has 0 saturated carbocycles. The Morgan fingerprint density at radius 2 is 1.94 bits per heavy atom. The molecule has 0 spiro atoms. The van der Waals surface area contributed by atoms with Crippen molar-refractivity contribution in [3.8, 4) is 0 Å². The summed E-state index contributed by atoms with van der Waals surface area (Å²) in [6, 6.07) is -0.998. The van der Waals surface area contributed by atoms with E-state index in [1.165, 1.54) is 11.8 Å². The molecule has 0 rings (SSSR count). The van der Waals surface area contributed by atoms with Gasteiger partial charge in [-0.25, -0.2) is 4.79 Å². The van der Waals surface area contributed by atoms with Crippen LogP contribution in [0, 0.1) is 0 Å². The van der Waals surface area contributed by atoms with E-state index in [9.17, 15) is 14.7 Å². The van der Waals surface area contributed by atoms with Gasteiger partial charge in [-0.15, -0.1) is 0 Å². The molecule has 0 aliphatic rings. The smallest absolute Gasteiger partial charge is 0.548 e. The normalized spacial score (nSPS) is 12.2. The van der Waals surface area contributed by atoms with Gasteiger partial charge in [-0.2, -0.15) is 11.8 Å². The summed E-state index contributed by atoms with van der Waals surface area (Å²) in [5.41, 5.74) is -0.639. The van der Waals surface area contributed by atoms with Gasteiger partial charge < -0.3 is 20.0 Å². The second kappa shape index (κ2) is 9.08. The Labute approximate surface area is 128 Å². The fourth-order valence-corrected chi connectivity index (χ4v) is 1.41. The van der Waals surface area contributed by atoms with E-state index in [2.05, 4.69) is 5.32 Å². The van der Waals surface area contributed by atoms with Crippen molar-refractivity contribution in [2.45, 2.75) is 38.8 Å². The van der Waals surface area contributed by atoms with Crippen LogP contribution in [0.4, 0.5) is 4.79 Å². The first-order chi connectivity index (χ1) is 7.26. The quantitative estimate of drug-likeness (QED) is 0.554. The van der Waals surface area contributed by atoms with Crippen molar-refractivity contribution in [1.82, 2.24) is 5.32 Å². The van der Waals surface area contributed by atoms with Crippen molar-refractivity contribution in [3.05, 3.63) is 0 Å². The maximum Gasteiger partial charge on any atom is 1.00 e. The second-order valence-electron chi connectivity index (χ2n) is 4.30. The third-order valence-electron chi connectivity index (χ3n) is 1.59. The van der Waals surface area contributed by atoms with E-state index < -0.39 is 23.7 Å². The molecule has 5 nitrogen and oxygen atoms in total. The number of carboxylic acid groups (broad SMARTS) is 1. The molecule has 94 valence electrons. The van der Waals surface area contributed by atoms with Gasteiger partial charge >= 0.3 is 35.7 Å². The van der Waals surface area contributed by atoms with Crippen molar-refractivity contribution in [2.24, 2.45) is 0 Å². The summed E-state index contributed by atoms with van der Waals surface area (Å²) < 4.78 is 4.95. The third-order valence-corrected chi connectivity index (χ3v) is 2.23. The number of carbonyl (C=O) groups is 2. The minimum Gasteiger partial charge on any atom is -0.548 e. The van der Waals surface area contributed by atoms with Gasteiger partial charge in [-0.3, -0.25) is 0 Å². The van der Waals surface area contributed by atoms with Gasteiger partial charge in [0.25, 0.3) is 0 Å². The maximum absolute atomic E-state index is 11.3. The Morgan fingerprint density at radius 3 is 2.29 bits per heavy atom. The first-order valence-corrected chi connectivity index (χ1v) is 6.35. The zero-order valence-corrected chi connectivity index (χ0v) is 13.8. The molecule has 7 heteroatoms. The largest absolute Gasteiger partial charge is 1.00 e. The topological polar surface area (TPSA) is 78.5 Å². The molecule has 0 aromatic rings. The molecule has 0 aliphatic heterocycles. The van der Waals surface area contributed by atoms with Crippen molar-refractivity contribution < 1.29 is 49.0 Å². The molecule has 0 unspecified atom stereocenters. The van der Waals surface area contributed by atoms with Gasteiger partial charge in [-0.1, -0.05) is 0 Å². The van der Waals surface area contributed by atoms with Crippen molar-refractivity contribution in [2.75, 3.05) is 12.0 Å². The van der Waals surface area contributed by atoms with Crippen LogP contribution in [0.2, 0.25) is 0 Å². The SMILES string of the molecule is CSCC[C@H](NC(=O)OC(C)(C)C)C(=O)[O-].[Na+]. The molecule has 17 heavy (non-hydrogen) atoms. The number of carbonyl (C=O) groups excluding carboxylic acids is 2. The standard InChI is InChI=1S/C10H19NO4S.Na/c1-10(2,3)15-9(14)11-7(8(12)13)5-6-16-4;/h7H,5-6H2,1-4H3,(H,11,14)(H,12,13);/q;+1/p-1/t7-;/m0./s1. The van der Waals surface area contributed by atoms with Crippen LogP contribution in [0.5, 0.6) is 0 Å². The van der Waals surface area contributed by atoms with Gasteiger partial charge in [-0.05, 0) is 39.2 Å². The van der Waals surface area contributed by atoms with Crippen LogP contribution >= 0.6 is 11.8 Å². The molecule has 0 fully saturated rings. The predicted octanol–water partition coefficient (Wildman–Crippen LogP) is -2.61. The van der Waals surface area contributed by atoms with E-state index in [-0.39, 0.29) is 29.6 Å². The number of hydrogen-bond donors (Lipinski definition) is 1. The average molecular weight is 271 g/mol.